The lowest BCUT2D eigenvalue weighted by Gasteiger charge is -2.28. The highest BCUT2D eigenvalue weighted by molar-refractivity contribution is 9.08. The van der Waals surface area contributed by atoms with Gasteiger partial charge in [-0.3, -0.25) is 4.79 Å². The number of hydrogen-bond acceptors (Lipinski definition) is 3. The third kappa shape index (κ3) is 6.34. The first-order chi connectivity index (χ1) is 16.8. The van der Waals surface area contributed by atoms with Gasteiger partial charge in [-0.25, -0.2) is 0 Å². The van der Waals surface area contributed by atoms with Gasteiger partial charge >= 0.3 is 0 Å². The molecule has 1 aliphatic heterocycles. The van der Waals surface area contributed by atoms with Gasteiger partial charge in [-0.05, 0) is 53.4 Å². The zero-order valence-electron chi connectivity index (χ0n) is 22.7. The van der Waals surface area contributed by atoms with Gasteiger partial charge < -0.3 is 10.0 Å². The summed E-state index contributed by atoms with van der Waals surface area (Å²) in [6, 6.07) is 11.7. The number of likely N-dealkylation sites (tertiary alicyclic amines) is 1. The lowest BCUT2D eigenvalue weighted by molar-refractivity contribution is 0.0963. The van der Waals surface area contributed by atoms with Crippen LogP contribution in [0.2, 0.25) is 5.02 Å². The molecule has 0 spiro atoms. The van der Waals surface area contributed by atoms with Crippen molar-refractivity contribution in [1.29, 1.82) is 0 Å². The van der Waals surface area contributed by atoms with Crippen molar-refractivity contribution in [3.63, 3.8) is 0 Å². The van der Waals surface area contributed by atoms with E-state index in [0.717, 1.165) is 53.4 Å². The summed E-state index contributed by atoms with van der Waals surface area (Å²) in [7, 11) is 0. The molecule has 1 aliphatic rings. The number of phenolic OH excluding ortho intramolecular Hbond substituents is 1. The van der Waals surface area contributed by atoms with Crippen LogP contribution in [0.3, 0.4) is 0 Å². The molecule has 4 nitrogen and oxygen atoms in total. The number of phenols is 1. The quantitative estimate of drug-likeness (QED) is 0.339. The average molecular weight is 576 g/mol. The molecule has 0 radical (unpaired) electrons. The molecule has 0 unspecified atom stereocenters. The van der Waals surface area contributed by atoms with E-state index in [9.17, 15) is 9.90 Å². The van der Waals surface area contributed by atoms with Gasteiger partial charge in [0.2, 0.25) is 0 Å². The Kier molecular flexibility index (Phi) is 8.99. The number of amidine groups is 1. The largest absolute Gasteiger partial charge is 0.507 e. The van der Waals surface area contributed by atoms with Crippen molar-refractivity contribution in [3.8, 4) is 5.75 Å². The number of hydrogen-bond donors (Lipinski definition) is 1. The van der Waals surface area contributed by atoms with Crippen molar-refractivity contribution in [2.45, 2.75) is 78.6 Å². The summed E-state index contributed by atoms with van der Waals surface area (Å²) in [5, 5.41) is 11.8. The molecule has 0 aromatic heterocycles. The molecular weight excluding hydrogens is 536 g/mol. The minimum Gasteiger partial charge on any atom is -0.507 e. The van der Waals surface area contributed by atoms with Gasteiger partial charge in [-0.2, -0.15) is 4.02 Å². The maximum Gasteiger partial charge on any atom is 0.182 e. The predicted molar refractivity (Wildman–Crippen MR) is 155 cm³/mol. The van der Waals surface area contributed by atoms with Crippen LogP contribution in [-0.4, -0.2) is 34.7 Å². The monoisotopic (exact) mass is 574 g/mol. The van der Waals surface area contributed by atoms with Gasteiger partial charge in [-0.1, -0.05) is 84.7 Å². The van der Waals surface area contributed by atoms with Crippen molar-refractivity contribution in [2.75, 3.05) is 13.1 Å². The molecule has 2 aromatic carbocycles. The summed E-state index contributed by atoms with van der Waals surface area (Å²) in [6.45, 7) is 15.6. The highest BCUT2D eigenvalue weighted by Crippen LogP contribution is 2.40. The highest BCUT2D eigenvalue weighted by atomic mass is 79.9. The van der Waals surface area contributed by atoms with E-state index in [4.69, 9.17) is 11.6 Å². The predicted octanol–water partition coefficient (Wildman–Crippen LogP) is 8.12. The second-order valence-electron chi connectivity index (χ2n) is 12.1. The number of rotatable bonds is 7. The van der Waals surface area contributed by atoms with E-state index in [1.165, 1.54) is 0 Å². The van der Waals surface area contributed by atoms with E-state index in [-0.39, 0.29) is 29.1 Å². The number of halogens is 2. The van der Waals surface area contributed by atoms with E-state index >= 15 is 0 Å². The maximum atomic E-state index is 13.7. The zero-order chi connectivity index (χ0) is 26.8. The molecule has 0 aliphatic carbocycles. The smallest absolute Gasteiger partial charge is 0.182 e. The molecule has 1 saturated heterocycles. The molecule has 0 saturated carbocycles. The van der Waals surface area contributed by atoms with E-state index in [1.54, 1.807) is 0 Å². The summed E-state index contributed by atoms with van der Waals surface area (Å²) in [5.41, 5.74) is 2.77. The summed E-state index contributed by atoms with van der Waals surface area (Å²) < 4.78 is 4.50. The number of ketones is 1. The Morgan fingerprint density at radius 2 is 1.69 bits per heavy atom. The third-order valence-electron chi connectivity index (χ3n) is 7.21. The van der Waals surface area contributed by atoms with E-state index in [1.807, 2.05) is 30.3 Å². The third-order valence-corrected chi connectivity index (χ3v) is 7.94. The molecule has 1 heterocycles. The molecule has 3 rings (SSSR count). The van der Waals surface area contributed by atoms with Crippen LogP contribution in [-0.2, 0) is 17.3 Å². The summed E-state index contributed by atoms with van der Waals surface area (Å²) in [5.74, 6) is 1.82. The molecule has 1 fully saturated rings. The van der Waals surface area contributed by atoms with Gasteiger partial charge in [0.15, 0.2) is 5.78 Å². The second kappa shape index (κ2) is 11.3. The van der Waals surface area contributed by atoms with Crippen LogP contribution in [0.15, 0.2) is 40.4 Å². The van der Waals surface area contributed by atoms with Gasteiger partial charge in [0.05, 0.1) is 22.7 Å². The van der Waals surface area contributed by atoms with Gasteiger partial charge in [-0.15, -0.1) is 0 Å². The van der Waals surface area contributed by atoms with Crippen molar-refractivity contribution in [1.82, 2.24) is 4.90 Å². The Hall–Kier alpha value is -1.85. The van der Waals surface area contributed by atoms with Crippen LogP contribution in [0.1, 0.15) is 88.4 Å². The maximum absolute atomic E-state index is 13.7. The summed E-state index contributed by atoms with van der Waals surface area (Å²) in [6.07, 6.45) is 2.93. The highest BCUT2D eigenvalue weighted by Gasteiger charge is 2.39. The van der Waals surface area contributed by atoms with Crippen molar-refractivity contribution >= 4 is 39.4 Å². The number of Topliss-reactive ketones (excluding diaryl/α,β-unsaturated/α-hetero) is 1. The fraction of sp³-hybridized carbons (Fsp3) is 0.533. The van der Waals surface area contributed by atoms with Crippen molar-refractivity contribution < 1.29 is 9.90 Å². The first-order valence-electron chi connectivity index (χ1n) is 12.9. The fourth-order valence-corrected chi connectivity index (χ4v) is 5.94. The zero-order valence-corrected chi connectivity index (χ0v) is 25.0. The van der Waals surface area contributed by atoms with Crippen molar-refractivity contribution in [3.05, 3.63) is 63.7 Å². The Labute approximate surface area is 230 Å². The topological polar surface area (TPSA) is 52.9 Å². The molecule has 36 heavy (non-hydrogen) atoms. The van der Waals surface area contributed by atoms with Crippen LogP contribution < -0.4 is 0 Å². The van der Waals surface area contributed by atoms with E-state index in [2.05, 4.69) is 79.6 Å². The summed E-state index contributed by atoms with van der Waals surface area (Å²) in [4.78, 5) is 15.8. The standard InChI is InChI=1S/C30H40BrClN2O2/c1-8-11-20-17-34(28(33-31)22(20)14-19-12-9-10-13-25(19)32)18-26(35)21-15-23(29(2,3)4)27(36)24(16-21)30(5,6)7/h9-10,12-13,15-16,20,22,36H,8,11,14,17-18H2,1-7H3/t20-,22+/m0/s1. The van der Waals surface area contributed by atoms with E-state index in [0.29, 0.717) is 17.2 Å². The molecule has 0 bridgehead atoms. The molecule has 196 valence electrons. The normalized spacial score (nSPS) is 19.8. The van der Waals surface area contributed by atoms with Crippen molar-refractivity contribution in [2.24, 2.45) is 15.9 Å². The van der Waals surface area contributed by atoms with E-state index < -0.39 is 0 Å². The molecule has 2 atom stereocenters. The number of benzene rings is 2. The average Bonchev–Trinajstić information content (AvgIpc) is 3.09. The second-order valence-corrected chi connectivity index (χ2v) is 12.9. The fourth-order valence-electron chi connectivity index (χ4n) is 5.24. The lowest BCUT2D eigenvalue weighted by Crippen LogP contribution is -2.33. The van der Waals surface area contributed by atoms with Gasteiger partial charge in [0, 0.05) is 34.2 Å². The van der Waals surface area contributed by atoms with Crippen LogP contribution in [0.25, 0.3) is 0 Å². The number of carbonyl (C=O) groups is 1. The lowest BCUT2D eigenvalue weighted by atomic mass is 9.78. The molecule has 2 aromatic rings. The Morgan fingerprint density at radius 1 is 1.11 bits per heavy atom. The minimum atomic E-state index is -0.289. The number of aromatic hydroxyl groups is 1. The first kappa shape index (κ1) is 28.7. The Bertz CT molecular complexity index is 1100. The Balaban J connectivity index is 1.94. The number of nitrogens with zero attached hydrogens (tertiary/aromatic N) is 2. The number of carbonyl (C=O) groups excluding carboxylic acids is 1. The first-order valence-corrected chi connectivity index (χ1v) is 13.9. The van der Waals surface area contributed by atoms with Crippen LogP contribution in [0, 0.1) is 11.8 Å². The molecule has 1 N–H and O–H groups in total. The van der Waals surface area contributed by atoms with Gasteiger partial charge in [0.25, 0.3) is 0 Å². The summed E-state index contributed by atoms with van der Waals surface area (Å²) >= 11 is 9.86. The Morgan fingerprint density at radius 3 is 2.19 bits per heavy atom. The molecule has 6 heteroatoms. The SMILES string of the molecule is CCC[C@H]1CN(CC(=O)c2cc(C(C)(C)C)c(O)c(C(C)(C)C)c2)C(=NBr)[C@@H]1Cc1ccccc1Cl. The van der Waals surface area contributed by atoms with Crippen LogP contribution in [0.4, 0.5) is 0 Å². The van der Waals surface area contributed by atoms with Gasteiger partial charge in [0.1, 0.15) is 11.6 Å². The van der Waals surface area contributed by atoms with Crippen LogP contribution >= 0.6 is 27.7 Å². The minimum absolute atomic E-state index is 0.0355. The molecule has 0 amide bonds. The molecular formula is C30H40BrClN2O2. The van der Waals surface area contributed by atoms with Crippen LogP contribution in [0.5, 0.6) is 5.75 Å².